The molecule has 0 aromatic rings. The summed E-state index contributed by atoms with van der Waals surface area (Å²) in [7, 11) is 1.59. The van der Waals surface area contributed by atoms with Crippen molar-refractivity contribution in [1.29, 1.82) is 0 Å². The molecule has 1 aliphatic heterocycles. The van der Waals surface area contributed by atoms with Crippen molar-refractivity contribution in [2.45, 2.75) is 19.4 Å². The molecule has 1 unspecified atom stereocenters. The highest BCUT2D eigenvalue weighted by Gasteiger charge is 2.36. The van der Waals surface area contributed by atoms with Crippen LogP contribution >= 0.6 is 0 Å². The molecule has 74 valence electrons. The van der Waals surface area contributed by atoms with E-state index in [1.54, 1.807) is 14.0 Å². The van der Waals surface area contributed by atoms with E-state index in [0.717, 1.165) is 0 Å². The lowest BCUT2D eigenvalue weighted by Gasteiger charge is -2.21. The van der Waals surface area contributed by atoms with E-state index in [4.69, 9.17) is 5.11 Å². The maximum Gasteiger partial charge on any atom is 0.327 e. The summed E-state index contributed by atoms with van der Waals surface area (Å²) in [6.07, 6.45) is 0.436. The topological polar surface area (TPSA) is 60.9 Å². The van der Waals surface area contributed by atoms with Crippen LogP contribution in [0, 0.1) is 0 Å². The SMILES string of the molecule is CC(CCO)N1C(=O)CN(C)C1=O. The predicted octanol–water partition coefficient (Wildman–Crippen LogP) is -0.349. The van der Waals surface area contributed by atoms with E-state index in [1.807, 2.05) is 0 Å². The summed E-state index contributed by atoms with van der Waals surface area (Å²) >= 11 is 0. The zero-order valence-corrected chi connectivity index (χ0v) is 7.86. The van der Waals surface area contributed by atoms with Crippen LogP contribution in [0.1, 0.15) is 13.3 Å². The molecule has 5 nitrogen and oxygen atoms in total. The minimum Gasteiger partial charge on any atom is -0.396 e. The number of amides is 3. The molecule has 1 fully saturated rings. The van der Waals surface area contributed by atoms with Crippen molar-refractivity contribution in [3.63, 3.8) is 0 Å². The van der Waals surface area contributed by atoms with Gasteiger partial charge < -0.3 is 10.0 Å². The summed E-state index contributed by atoms with van der Waals surface area (Å²) in [5.41, 5.74) is 0. The highest BCUT2D eigenvalue weighted by molar-refractivity contribution is 6.02. The number of hydrogen-bond donors (Lipinski definition) is 1. The Labute approximate surface area is 76.9 Å². The van der Waals surface area contributed by atoms with Gasteiger partial charge in [0.05, 0.1) is 0 Å². The molecule has 0 bridgehead atoms. The first-order valence-corrected chi connectivity index (χ1v) is 4.26. The monoisotopic (exact) mass is 186 g/mol. The van der Waals surface area contributed by atoms with Crippen LogP contribution in [0.15, 0.2) is 0 Å². The molecule has 1 saturated heterocycles. The van der Waals surface area contributed by atoms with E-state index in [9.17, 15) is 9.59 Å². The molecule has 1 rings (SSSR count). The minimum atomic E-state index is -0.272. The number of urea groups is 1. The fourth-order valence-electron chi connectivity index (χ4n) is 1.39. The van der Waals surface area contributed by atoms with Crippen LogP contribution in [0.4, 0.5) is 4.79 Å². The van der Waals surface area contributed by atoms with Gasteiger partial charge in [0, 0.05) is 19.7 Å². The van der Waals surface area contributed by atoms with Crippen molar-refractivity contribution in [3.05, 3.63) is 0 Å². The van der Waals surface area contributed by atoms with Gasteiger partial charge in [-0.1, -0.05) is 0 Å². The summed E-state index contributed by atoms with van der Waals surface area (Å²) in [6, 6.07) is -0.485. The lowest BCUT2D eigenvalue weighted by atomic mass is 10.2. The van der Waals surface area contributed by atoms with Crippen molar-refractivity contribution in [2.75, 3.05) is 20.2 Å². The van der Waals surface area contributed by atoms with E-state index in [1.165, 1.54) is 9.80 Å². The average Bonchev–Trinajstić information content (AvgIpc) is 2.27. The van der Waals surface area contributed by atoms with Gasteiger partial charge in [-0.05, 0) is 13.3 Å². The van der Waals surface area contributed by atoms with Crippen LogP contribution in [-0.4, -0.2) is 53.1 Å². The van der Waals surface area contributed by atoms with Crippen LogP contribution in [-0.2, 0) is 4.79 Å². The number of rotatable bonds is 3. The predicted molar refractivity (Wildman–Crippen MR) is 46.0 cm³/mol. The Morgan fingerprint density at radius 2 is 2.15 bits per heavy atom. The first-order valence-electron chi connectivity index (χ1n) is 4.26. The Morgan fingerprint density at radius 1 is 1.54 bits per heavy atom. The lowest BCUT2D eigenvalue weighted by Crippen LogP contribution is -2.39. The Bertz CT molecular complexity index is 229. The third-order valence-electron chi connectivity index (χ3n) is 2.16. The van der Waals surface area contributed by atoms with Crippen LogP contribution in [0.5, 0.6) is 0 Å². The van der Waals surface area contributed by atoms with Gasteiger partial charge in [0.15, 0.2) is 0 Å². The molecule has 0 radical (unpaired) electrons. The third-order valence-corrected chi connectivity index (χ3v) is 2.16. The number of nitrogens with zero attached hydrogens (tertiary/aromatic N) is 2. The average molecular weight is 186 g/mol. The summed E-state index contributed by atoms with van der Waals surface area (Å²) in [5, 5.41) is 8.67. The quantitative estimate of drug-likeness (QED) is 0.613. The number of carbonyl (C=O) groups excluding carboxylic acids is 2. The van der Waals surface area contributed by atoms with E-state index < -0.39 is 0 Å². The van der Waals surface area contributed by atoms with E-state index >= 15 is 0 Å². The number of aliphatic hydroxyl groups is 1. The number of aliphatic hydroxyl groups excluding tert-OH is 1. The number of hydrogen-bond acceptors (Lipinski definition) is 3. The van der Waals surface area contributed by atoms with E-state index in [2.05, 4.69) is 0 Å². The molecule has 13 heavy (non-hydrogen) atoms. The van der Waals surface area contributed by atoms with Gasteiger partial charge in [0.1, 0.15) is 6.54 Å². The van der Waals surface area contributed by atoms with Crippen molar-refractivity contribution >= 4 is 11.9 Å². The second-order valence-corrected chi connectivity index (χ2v) is 3.26. The van der Waals surface area contributed by atoms with E-state index in [0.29, 0.717) is 6.42 Å². The Morgan fingerprint density at radius 3 is 2.54 bits per heavy atom. The summed E-state index contributed by atoms with van der Waals surface area (Å²) in [5.74, 6) is -0.187. The molecule has 0 aromatic heterocycles. The molecule has 0 aromatic carbocycles. The summed E-state index contributed by atoms with van der Waals surface area (Å²) < 4.78 is 0. The molecule has 0 aliphatic carbocycles. The van der Waals surface area contributed by atoms with Crippen LogP contribution < -0.4 is 0 Å². The van der Waals surface area contributed by atoms with E-state index in [-0.39, 0.29) is 31.1 Å². The molecule has 0 saturated carbocycles. The second kappa shape index (κ2) is 3.74. The maximum absolute atomic E-state index is 11.4. The smallest absolute Gasteiger partial charge is 0.327 e. The van der Waals surface area contributed by atoms with Crippen molar-refractivity contribution in [3.8, 4) is 0 Å². The molecule has 0 spiro atoms. The third kappa shape index (κ3) is 1.80. The van der Waals surface area contributed by atoms with Gasteiger partial charge in [0.2, 0.25) is 0 Å². The molecule has 1 atom stereocenters. The molecular formula is C8H14N2O3. The highest BCUT2D eigenvalue weighted by atomic mass is 16.3. The standard InChI is InChI=1S/C8H14N2O3/c1-6(3-4-11)10-7(12)5-9(2)8(10)13/h6,11H,3-5H2,1-2H3. The molecule has 1 heterocycles. The van der Waals surface area contributed by atoms with Crippen molar-refractivity contribution in [2.24, 2.45) is 0 Å². The van der Waals surface area contributed by atoms with Gasteiger partial charge in [-0.25, -0.2) is 4.79 Å². The number of carbonyl (C=O) groups is 2. The first-order chi connectivity index (χ1) is 6.07. The van der Waals surface area contributed by atoms with Crippen LogP contribution in [0.2, 0.25) is 0 Å². The van der Waals surface area contributed by atoms with Gasteiger partial charge in [-0.2, -0.15) is 0 Å². The zero-order valence-electron chi connectivity index (χ0n) is 7.86. The summed E-state index contributed by atoms with van der Waals surface area (Å²) in [6.45, 7) is 1.89. The molecular weight excluding hydrogens is 172 g/mol. The maximum atomic E-state index is 11.4. The molecule has 1 N–H and O–H groups in total. The molecule has 5 heteroatoms. The minimum absolute atomic E-state index is 0.0120. The number of imide groups is 1. The summed E-state index contributed by atoms with van der Waals surface area (Å²) in [4.78, 5) is 25.3. The van der Waals surface area contributed by atoms with Gasteiger partial charge in [0.25, 0.3) is 5.91 Å². The zero-order chi connectivity index (χ0) is 10.0. The first kappa shape index (κ1) is 9.98. The Hall–Kier alpha value is -1.10. The lowest BCUT2D eigenvalue weighted by molar-refractivity contribution is -0.126. The fraction of sp³-hybridized carbons (Fsp3) is 0.750. The highest BCUT2D eigenvalue weighted by Crippen LogP contribution is 2.13. The van der Waals surface area contributed by atoms with Crippen molar-refractivity contribution in [1.82, 2.24) is 9.80 Å². The Balaban J connectivity index is 2.68. The van der Waals surface area contributed by atoms with Gasteiger partial charge in [-0.3, -0.25) is 9.69 Å². The van der Waals surface area contributed by atoms with Crippen molar-refractivity contribution < 1.29 is 14.7 Å². The van der Waals surface area contributed by atoms with Gasteiger partial charge >= 0.3 is 6.03 Å². The van der Waals surface area contributed by atoms with Crippen LogP contribution in [0.25, 0.3) is 0 Å². The number of likely N-dealkylation sites (N-methyl/N-ethyl adjacent to an activating group) is 1. The Kier molecular flexibility index (Phi) is 2.87. The largest absolute Gasteiger partial charge is 0.396 e. The molecule has 1 aliphatic rings. The molecule has 3 amide bonds. The fourth-order valence-corrected chi connectivity index (χ4v) is 1.39. The van der Waals surface area contributed by atoms with Crippen LogP contribution in [0.3, 0.4) is 0 Å². The normalized spacial score (nSPS) is 19.9. The second-order valence-electron chi connectivity index (χ2n) is 3.26. The van der Waals surface area contributed by atoms with Gasteiger partial charge in [-0.15, -0.1) is 0 Å².